The predicted octanol–water partition coefficient (Wildman–Crippen LogP) is 0.661. The van der Waals surface area contributed by atoms with E-state index in [-0.39, 0.29) is 17.9 Å². The maximum Gasteiger partial charge on any atom is 0.251 e. The van der Waals surface area contributed by atoms with Gasteiger partial charge in [-0.1, -0.05) is 12.1 Å². The van der Waals surface area contributed by atoms with Crippen molar-refractivity contribution in [3.8, 4) is 0 Å². The number of benzene rings is 1. The Hall–Kier alpha value is -2.08. The van der Waals surface area contributed by atoms with Crippen molar-refractivity contribution >= 4 is 17.5 Å². The highest BCUT2D eigenvalue weighted by molar-refractivity contribution is 5.82. The molecule has 1 unspecified atom stereocenters. The lowest BCUT2D eigenvalue weighted by Crippen LogP contribution is -2.53. The van der Waals surface area contributed by atoms with E-state index in [1.165, 1.54) is 0 Å². The fourth-order valence-corrected chi connectivity index (χ4v) is 3.07. The highest BCUT2D eigenvalue weighted by Crippen LogP contribution is 2.16. The van der Waals surface area contributed by atoms with Crippen LogP contribution in [0.25, 0.3) is 0 Å². The molecule has 2 amide bonds. The van der Waals surface area contributed by atoms with Crippen LogP contribution in [0.1, 0.15) is 18.4 Å². The van der Waals surface area contributed by atoms with Crippen molar-refractivity contribution in [2.75, 3.05) is 38.5 Å². The van der Waals surface area contributed by atoms with Crippen LogP contribution in [0, 0.1) is 0 Å². The van der Waals surface area contributed by atoms with E-state index in [1.807, 2.05) is 21.9 Å². The monoisotopic (exact) mass is 317 g/mol. The highest BCUT2D eigenvalue weighted by Gasteiger charge is 2.31. The summed E-state index contributed by atoms with van der Waals surface area (Å²) in [7, 11) is 0. The minimum absolute atomic E-state index is 0.0770. The number of nitrogens with zero attached hydrogens (tertiary/aromatic N) is 2. The van der Waals surface area contributed by atoms with E-state index in [4.69, 9.17) is 10.5 Å². The lowest BCUT2D eigenvalue weighted by molar-refractivity contribution is -0.145. The Morgan fingerprint density at radius 2 is 1.74 bits per heavy atom. The fourth-order valence-electron chi connectivity index (χ4n) is 3.07. The summed E-state index contributed by atoms with van der Waals surface area (Å²) in [5, 5.41) is 0. The molecule has 0 radical (unpaired) electrons. The van der Waals surface area contributed by atoms with Gasteiger partial charge in [0, 0.05) is 38.5 Å². The zero-order valence-electron chi connectivity index (χ0n) is 13.2. The van der Waals surface area contributed by atoms with Gasteiger partial charge in [-0.15, -0.1) is 0 Å². The Morgan fingerprint density at radius 1 is 1.09 bits per heavy atom. The van der Waals surface area contributed by atoms with Gasteiger partial charge >= 0.3 is 0 Å². The van der Waals surface area contributed by atoms with Gasteiger partial charge in [0.15, 0.2) is 0 Å². The van der Waals surface area contributed by atoms with Gasteiger partial charge in [0.1, 0.15) is 6.10 Å². The van der Waals surface area contributed by atoms with Crippen molar-refractivity contribution < 1.29 is 14.3 Å². The van der Waals surface area contributed by atoms with E-state index >= 15 is 0 Å². The van der Waals surface area contributed by atoms with Gasteiger partial charge in [-0.3, -0.25) is 9.59 Å². The number of piperazine rings is 1. The number of rotatable bonds is 3. The minimum Gasteiger partial charge on any atom is -0.399 e. The number of ether oxygens (including phenoxy) is 1. The van der Waals surface area contributed by atoms with Crippen LogP contribution in [0.3, 0.4) is 0 Å². The SMILES string of the molecule is Nc1ccc(CC(=O)N2CCN(C(=O)C3CCCO3)CC2)cc1. The third-order valence-electron chi connectivity index (χ3n) is 4.48. The van der Waals surface area contributed by atoms with Crippen LogP contribution in [-0.2, 0) is 20.7 Å². The topological polar surface area (TPSA) is 75.9 Å². The van der Waals surface area contributed by atoms with Gasteiger partial charge in [-0.25, -0.2) is 0 Å². The number of nitrogen functional groups attached to an aromatic ring is 1. The first-order valence-corrected chi connectivity index (χ1v) is 8.16. The number of carbonyl (C=O) groups excluding carboxylic acids is 2. The molecule has 2 saturated heterocycles. The van der Waals surface area contributed by atoms with E-state index in [9.17, 15) is 9.59 Å². The van der Waals surface area contributed by atoms with Crippen LogP contribution in [0.4, 0.5) is 5.69 Å². The predicted molar refractivity (Wildman–Crippen MR) is 86.7 cm³/mol. The second-order valence-corrected chi connectivity index (χ2v) is 6.13. The number of hydrogen-bond acceptors (Lipinski definition) is 4. The summed E-state index contributed by atoms with van der Waals surface area (Å²) in [5.74, 6) is 0.173. The average Bonchev–Trinajstić information content (AvgIpc) is 3.11. The number of anilines is 1. The largest absolute Gasteiger partial charge is 0.399 e. The fraction of sp³-hybridized carbons (Fsp3) is 0.529. The molecule has 0 bridgehead atoms. The Bertz CT molecular complexity index is 559. The molecule has 2 fully saturated rings. The van der Waals surface area contributed by atoms with Crippen molar-refractivity contribution in [2.24, 2.45) is 0 Å². The molecule has 3 rings (SSSR count). The van der Waals surface area contributed by atoms with Crippen LogP contribution in [0.15, 0.2) is 24.3 Å². The maximum absolute atomic E-state index is 12.4. The minimum atomic E-state index is -0.271. The molecular weight excluding hydrogens is 294 g/mol. The van der Waals surface area contributed by atoms with E-state index in [0.717, 1.165) is 18.4 Å². The molecule has 23 heavy (non-hydrogen) atoms. The molecule has 0 aromatic heterocycles. The maximum atomic E-state index is 12.4. The molecule has 0 spiro atoms. The Balaban J connectivity index is 1.49. The van der Waals surface area contributed by atoms with E-state index in [1.54, 1.807) is 12.1 Å². The van der Waals surface area contributed by atoms with Crippen LogP contribution in [-0.4, -0.2) is 60.5 Å². The lowest BCUT2D eigenvalue weighted by atomic mass is 10.1. The van der Waals surface area contributed by atoms with Gasteiger partial charge in [0.05, 0.1) is 6.42 Å². The molecule has 0 aliphatic carbocycles. The first kappa shape index (κ1) is 15.8. The van der Waals surface area contributed by atoms with Crippen LogP contribution in [0.5, 0.6) is 0 Å². The van der Waals surface area contributed by atoms with Crippen molar-refractivity contribution in [3.63, 3.8) is 0 Å². The van der Waals surface area contributed by atoms with Crippen molar-refractivity contribution in [2.45, 2.75) is 25.4 Å². The number of amides is 2. The molecular formula is C17H23N3O3. The molecule has 124 valence electrons. The molecule has 6 nitrogen and oxygen atoms in total. The summed E-state index contributed by atoms with van der Waals surface area (Å²) < 4.78 is 5.45. The summed E-state index contributed by atoms with van der Waals surface area (Å²) >= 11 is 0. The molecule has 2 heterocycles. The molecule has 1 atom stereocenters. The average molecular weight is 317 g/mol. The summed E-state index contributed by atoms with van der Waals surface area (Å²) in [6, 6.07) is 7.37. The lowest BCUT2D eigenvalue weighted by Gasteiger charge is -2.35. The molecule has 2 N–H and O–H groups in total. The number of carbonyl (C=O) groups is 2. The van der Waals surface area contributed by atoms with E-state index in [2.05, 4.69) is 0 Å². The summed E-state index contributed by atoms with van der Waals surface area (Å²) in [6.07, 6.45) is 1.87. The van der Waals surface area contributed by atoms with Crippen LogP contribution in [0.2, 0.25) is 0 Å². The van der Waals surface area contributed by atoms with Gasteiger partial charge in [0.25, 0.3) is 5.91 Å². The third-order valence-corrected chi connectivity index (χ3v) is 4.48. The van der Waals surface area contributed by atoms with E-state index < -0.39 is 0 Å². The van der Waals surface area contributed by atoms with Gasteiger partial charge in [0.2, 0.25) is 5.91 Å². The quantitative estimate of drug-likeness (QED) is 0.831. The zero-order chi connectivity index (χ0) is 16.2. The van der Waals surface area contributed by atoms with Crippen LogP contribution >= 0.6 is 0 Å². The molecule has 1 aromatic rings. The zero-order valence-corrected chi connectivity index (χ0v) is 13.2. The van der Waals surface area contributed by atoms with Crippen molar-refractivity contribution in [1.29, 1.82) is 0 Å². The standard InChI is InChI=1S/C17H23N3O3/c18-14-5-3-13(4-6-14)12-16(21)19-7-9-20(10-8-19)17(22)15-2-1-11-23-15/h3-6,15H,1-2,7-12,18H2. The highest BCUT2D eigenvalue weighted by atomic mass is 16.5. The molecule has 6 heteroatoms. The first-order valence-electron chi connectivity index (χ1n) is 8.16. The Morgan fingerprint density at radius 3 is 2.35 bits per heavy atom. The first-order chi connectivity index (χ1) is 11.1. The molecule has 2 aliphatic rings. The second-order valence-electron chi connectivity index (χ2n) is 6.13. The smallest absolute Gasteiger partial charge is 0.251 e. The Kier molecular flexibility index (Phi) is 4.81. The number of hydrogen-bond donors (Lipinski definition) is 1. The molecule has 1 aromatic carbocycles. The van der Waals surface area contributed by atoms with Gasteiger partial charge in [-0.05, 0) is 30.5 Å². The number of nitrogens with two attached hydrogens (primary N) is 1. The van der Waals surface area contributed by atoms with Crippen molar-refractivity contribution in [3.05, 3.63) is 29.8 Å². The Labute approximate surface area is 136 Å². The summed E-state index contributed by atoms with van der Waals surface area (Å²) in [5.41, 5.74) is 7.31. The van der Waals surface area contributed by atoms with Gasteiger partial charge in [-0.2, -0.15) is 0 Å². The summed E-state index contributed by atoms with van der Waals surface area (Å²) in [4.78, 5) is 28.3. The second kappa shape index (κ2) is 7.00. The normalized spacial score (nSPS) is 21.5. The van der Waals surface area contributed by atoms with E-state index in [0.29, 0.717) is 44.9 Å². The third kappa shape index (κ3) is 3.82. The van der Waals surface area contributed by atoms with Crippen LogP contribution < -0.4 is 5.73 Å². The molecule has 2 aliphatic heterocycles. The van der Waals surface area contributed by atoms with Crippen molar-refractivity contribution in [1.82, 2.24) is 9.80 Å². The summed E-state index contributed by atoms with van der Waals surface area (Å²) in [6.45, 7) is 3.04. The molecule has 0 saturated carbocycles. The van der Waals surface area contributed by atoms with Gasteiger partial charge < -0.3 is 20.3 Å².